The van der Waals surface area contributed by atoms with Crippen molar-refractivity contribution in [1.29, 1.82) is 0 Å². The maximum Gasteiger partial charge on any atom is 0.312 e. The van der Waals surface area contributed by atoms with Crippen molar-refractivity contribution in [3.8, 4) is 23.0 Å². The fourth-order valence-electron chi connectivity index (χ4n) is 7.05. The molecule has 9 atom stereocenters. The number of fused-ring (bicyclic) bond motifs is 14. The van der Waals surface area contributed by atoms with Crippen molar-refractivity contribution >= 4 is 40.3 Å². The van der Waals surface area contributed by atoms with Crippen molar-refractivity contribution in [2.45, 2.75) is 85.6 Å². The predicted octanol–water partition coefficient (Wildman–Crippen LogP) is 4.65. The SMILES string of the molecule is CO[C@H]1/C=C/O[C@@]2(C)Oc3c(C)c(O)c4c(O)c(c(C=NN(C)C)c(O)c4c3C2=O)NC(=O)/C(C)=C\C=C\[C@H](C)[C@H](O)[C@@H](C)[C@@H](O)[C@H](C)[C@H](OC(C)=O)[C@H]1C. The molecule has 15 heteroatoms. The Labute approximate surface area is 320 Å². The number of nitrogens with one attached hydrogen (secondary N) is 1. The van der Waals surface area contributed by atoms with Crippen LogP contribution in [0.3, 0.4) is 0 Å². The number of benzene rings is 2. The number of anilines is 1. The van der Waals surface area contributed by atoms with Gasteiger partial charge in [0.1, 0.15) is 23.4 Å². The van der Waals surface area contributed by atoms with Gasteiger partial charge in [-0.25, -0.2) is 0 Å². The Morgan fingerprint density at radius 3 is 2.22 bits per heavy atom. The summed E-state index contributed by atoms with van der Waals surface area (Å²) in [5, 5.41) is 65.3. The van der Waals surface area contributed by atoms with Gasteiger partial charge in [0.2, 0.25) is 0 Å². The Morgan fingerprint density at radius 1 is 0.964 bits per heavy atom. The number of hydrogen-bond acceptors (Lipinski definition) is 14. The van der Waals surface area contributed by atoms with E-state index in [1.165, 1.54) is 64.4 Å². The largest absolute Gasteiger partial charge is 0.507 e. The molecular weight excluding hydrogens is 714 g/mol. The van der Waals surface area contributed by atoms with Gasteiger partial charge in [-0.05, 0) is 19.9 Å². The predicted molar refractivity (Wildman–Crippen MR) is 205 cm³/mol. The number of nitrogens with zero attached hydrogens (tertiary/aromatic N) is 2. The van der Waals surface area contributed by atoms with E-state index >= 15 is 0 Å². The fraction of sp³-hybridized carbons (Fsp3) is 0.500. The number of aromatic hydroxyl groups is 3. The first-order valence-corrected chi connectivity index (χ1v) is 18.0. The average Bonchev–Trinajstić information content (AvgIpc) is 3.39. The summed E-state index contributed by atoms with van der Waals surface area (Å²) >= 11 is 0. The molecule has 0 saturated heterocycles. The number of aliphatic hydroxyl groups is 2. The smallest absolute Gasteiger partial charge is 0.312 e. The molecule has 1 amide bonds. The number of allylic oxidation sites excluding steroid dienone is 2. The maximum absolute atomic E-state index is 14.3. The van der Waals surface area contributed by atoms with Gasteiger partial charge in [-0.15, -0.1) is 0 Å². The minimum atomic E-state index is -2.04. The normalized spacial score (nSPS) is 31.4. The van der Waals surface area contributed by atoms with Crippen LogP contribution < -0.4 is 10.1 Å². The molecular formula is C40H53N3O12. The summed E-state index contributed by atoms with van der Waals surface area (Å²) in [5.74, 6) is -8.43. The van der Waals surface area contributed by atoms with Crippen molar-refractivity contribution in [3.63, 3.8) is 0 Å². The van der Waals surface area contributed by atoms with Crippen LogP contribution in [0, 0.1) is 30.6 Å². The van der Waals surface area contributed by atoms with Crippen LogP contribution >= 0.6 is 0 Å². The summed E-state index contributed by atoms with van der Waals surface area (Å²) in [6.07, 6.45) is 4.69. The standard InChI is InChI=1S/C40H53N3O12/c1-18-13-12-14-19(2)39(51)42-30-25(17-41-43(9)10)34(48)27-28(35(30)49)33(47)23(6)37-29(27)38(50)40(8,55-37)53-16-15-26(52-11)20(3)36(54-24(7)44)22(5)32(46)21(4)31(18)45/h12-18,20-22,26,31-32,36,45-49H,1-11H3,(H,42,51)/b13-12+,16-15+,19-14-,41-17?/t18-,20-,21+,22-,26-,31-,32+,36+,40-/m0/s1. The summed E-state index contributed by atoms with van der Waals surface area (Å²) in [6.45, 7) is 12.4. The molecule has 15 nitrogen and oxygen atoms in total. The van der Waals surface area contributed by atoms with Gasteiger partial charge < -0.3 is 54.8 Å². The molecule has 0 aromatic heterocycles. The molecule has 300 valence electrons. The number of carbonyl (C=O) groups is 3. The van der Waals surface area contributed by atoms with E-state index < -0.39 is 88.8 Å². The molecule has 3 heterocycles. The topological polar surface area (TPSA) is 217 Å². The van der Waals surface area contributed by atoms with Crippen LogP contribution in [-0.2, 0) is 23.8 Å². The van der Waals surface area contributed by atoms with Crippen LogP contribution in [0.25, 0.3) is 10.8 Å². The number of rotatable bonds is 4. The van der Waals surface area contributed by atoms with E-state index in [4.69, 9.17) is 18.9 Å². The Kier molecular flexibility index (Phi) is 13.0. The lowest BCUT2D eigenvalue weighted by molar-refractivity contribution is -0.160. The van der Waals surface area contributed by atoms with Gasteiger partial charge in [-0.2, -0.15) is 5.10 Å². The number of Topliss-reactive ketones (excluding diaryl/α,β-unsaturated/α-hetero) is 1. The Hall–Kier alpha value is -5.12. The lowest BCUT2D eigenvalue weighted by Crippen LogP contribution is -2.46. The molecule has 3 aliphatic rings. The van der Waals surface area contributed by atoms with E-state index in [9.17, 15) is 39.9 Å². The van der Waals surface area contributed by atoms with Crippen molar-refractivity contribution in [1.82, 2.24) is 5.01 Å². The third kappa shape index (κ3) is 8.28. The maximum atomic E-state index is 14.3. The molecule has 3 aliphatic heterocycles. The molecule has 0 unspecified atom stereocenters. The molecule has 0 fully saturated rings. The zero-order valence-corrected chi connectivity index (χ0v) is 33.1. The number of aliphatic hydroxyl groups excluding tert-OH is 2. The van der Waals surface area contributed by atoms with Crippen LogP contribution in [0.5, 0.6) is 23.0 Å². The van der Waals surface area contributed by atoms with Crippen molar-refractivity contribution in [2.75, 3.05) is 26.5 Å². The first-order valence-electron chi connectivity index (χ1n) is 18.0. The van der Waals surface area contributed by atoms with Crippen LogP contribution in [0.4, 0.5) is 5.69 Å². The van der Waals surface area contributed by atoms with Gasteiger partial charge in [0.15, 0.2) is 5.75 Å². The first kappa shape index (κ1) is 42.6. The van der Waals surface area contributed by atoms with Crippen molar-refractivity contribution in [2.24, 2.45) is 28.8 Å². The average molecular weight is 768 g/mol. The summed E-state index contributed by atoms with van der Waals surface area (Å²) in [7, 11) is 4.65. The number of ketones is 1. The van der Waals surface area contributed by atoms with E-state index in [-0.39, 0.29) is 44.5 Å². The second-order valence-electron chi connectivity index (χ2n) is 14.7. The first-order chi connectivity index (χ1) is 25.7. The van der Waals surface area contributed by atoms with E-state index in [0.29, 0.717) is 0 Å². The van der Waals surface area contributed by atoms with Gasteiger partial charge >= 0.3 is 11.8 Å². The number of carbonyl (C=O) groups excluding carboxylic acids is 3. The van der Waals surface area contributed by atoms with E-state index in [1.807, 2.05) is 0 Å². The molecule has 0 spiro atoms. The molecule has 2 aromatic carbocycles. The lowest BCUT2D eigenvalue weighted by atomic mass is 9.78. The Bertz CT molecular complexity index is 1950. The number of amides is 1. The van der Waals surface area contributed by atoms with Gasteiger partial charge in [0.25, 0.3) is 11.7 Å². The van der Waals surface area contributed by atoms with Gasteiger partial charge in [0.05, 0.1) is 53.0 Å². The van der Waals surface area contributed by atoms with Crippen LogP contribution in [0.15, 0.2) is 41.2 Å². The van der Waals surface area contributed by atoms with Gasteiger partial charge in [-0.1, -0.05) is 45.9 Å². The second kappa shape index (κ2) is 16.7. The monoisotopic (exact) mass is 767 g/mol. The summed E-state index contributed by atoms with van der Waals surface area (Å²) in [5.41, 5.74) is -0.445. The Balaban J connectivity index is 1.97. The highest BCUT2D eigenvalue weighted by Crippen LogP contribution is 2.55. The number of methoxy groups -OCH3 is 1. The van der Waals surface area contributed by atoms with Crippen molar-refractivity contribution in [3.05, 3.63) is 52.8 Å². The molecule has 0 saturated carbocycles. The number of phenols is 3. The molecule has 0 aliphatic carbocycles. The third-order valence-corrected chi connectivity index (χ3v) is 10.5. The fourth-order valence-corrected chi connectivity index (χ4v) is 7.05. The van der Waals surface area contributed by atoms with E-state index in [0.717, 1.165) is 0 Å². The lowest BCUT2D eigenvalue weighted by Gasteiger charge is -2.38. The number of esters is 1. The summed E-state index contributed by atoms with van der Waals surface area (Å²) in [6, 6.07) is 0. The minimum Gasteiger partial charge on any atom is -0.507 e. The molecule has 5 bridgehead atoms. The highest BCUT2D eigenvalue weighted by atomic mass is 16.7. The highest BCUT2D eigenvalue weighted by Gasteiger charge is 2.50. The minimum absolute atomic E-state index is 0.0475. The third-order valence-electron chi connectivity index (χ3n) is 10.5. The van der Waals surface area contributed by atoms with Gasteiger partial charge in [0, 0.05) is 75.2 Å². The van der Waals surface area contributed by atoms with Crippen molar-refractivity contribution < 1.29 is 58.9 Å². The number of hydrazone groups is 1. The second-order valence-corrected chi connectivity index (χ2v) is 14.7. The molecule has 6 N–H and O–H groups in total. The molecule has 0 radical (unpaired) electrons. The van der Waals surface area contributed by atoms with Gasteiger partial charge in [-0.3, -0.25) is 14.4 Å². The van der Waals surface area contributed by atoms with E-state index in [1.54, 1.807) is 53.9 Å². The summed E-state index contributed by atoms with van der Waals surface area (Å²) < 4.78 is 23.4. The number of hydrogen-bond donors (Lipinski definition) is 6. The van der Waals surface area contributed by atoms with Crippen LogP contribution in [0.2, 0.25) is 0 Å². The Morgan fingerprint density at radius 2 is 1.62 bits per heavy atom. The van der Waals surface area contributed by atoms with Crippen LogP contribution in [0.1, 0.15) is 70.0 Å². The summed E-state index contributed by atoms with van der Waals surface area (Å²) in [4.78, 5) is 40.1. The quantitative estimate of drug-likeness (QED) is 0.0822. The zero-order valence-electron chi connectivity index (χ0n) is 33.1. The van der Waals surface area contributed by atoms with Crippen LogP contribution in [-0.4, -0.2) is 106 Å². The molecule has 5 rings (SSSR count). The van der Waals surface area contributed by atoms with E-state index in [2.05, 4.69) is 10.4 Å². The zero-order chi connectivity index (χ0) is 41.3. The highest BCUT2D eigenvalue weighted by molar-refractivity contribution is 6.23. The molecule has 2 aromatic rings. The molecule has 55 heavy (non-hydrogen) atoms. The number of phenolic OH excluding ortho intramolecular Hbond substituents is 3. The number of ether oxygens (including phenoxy) is 4.